The molecule has 0 amide bonds. The van der Waals surface area contributed by atoms with Crippen molar-refractivity contribution < 1.29 is 0 Å². The van der Waals surface area contributed by atoms with Crippen LogP contribution in [0.5, 0.6) is 0 Å². The van der Waals surface area contributed by atoms with Crippen molar-refractivity contribution >= 4 is 21.8 Å². The summed E-state index contributed by atoms with van der Waals surface area (Å²) in [6, 6.07) is 20.5. The lowest BCUT2D eigenvalue weighted by atomic mass is 10.1. The van der Waals surface area contributed by atoms with Gasteiger partial charge in [0.25, 0.3) is 0 Å². The van der Waals surface area contributed by atoms with Gasteiger partial charge in [-0.1, -0.05) is 72.4 Å². The highest BCUT2D eigenvalue weighted by Gasteiger charge is 2.17. The fourth-order valence-electron chi connectivity index (χ4n) is 2.07. The van der Waals surface area contributed by atoms with Crippen LogP contribution >= 0.6 is 11.8 Å². The average molecular weight is 266 g/mol. The number of thioether (sulfide) groups is 1. The number of nitrogens with zero attached hydrogens (tertiary/aromatic N) is 1. The highest BCUT2D eigenvalue weighted by molar-refractivity contribution is 8.21. The molecule has 0 bridgehead atoms. The van der Waals surface area contributed by atoms with Gasteiger partial charge in [-0.15, -0.1) is 0 Å². The van der Waals surface area contributed by atoms with Gasteiger partial charge in [-0.3, -0.25) is 4.99 Å². The van der Waals surface area contributed by atoms with Gasteiger partial charge in [0.15, 0.2) is 5.17 Å². The lowest BCUT2D eigenvalue weighted by Gasteiger charge is -2.18. The van der Waals surface area contributed by atoms with Crippen molar-refractivity contribution in [3.63, 3.8) is 0 Å². The highest BCUT2D eigenvalue weighted by atomic mass is 32.2. The number of hydrogen-bond acceptors (Lipinski definition) is 3. The number of benzene rings is 2. The Hall–Kier alpha value is -2.00. The molecule has 1 aliphatic heterocycles. The molecule has 1 heterocycles. The zero-order valence-electron chi connectivity index (χ0n) is 10.4. The van der Waals surface area contributed by atoms with Crippen LogP contribution in [0.2, 0.25) is 0 Å². The summed E-state index contributed by atoms with van der Waals surface area (Å²) in [7, 11) is 0. The van der Waals surface area contributed by atoms with Gasteiger partial charge < -0.3 is 5.73 Å². The first kappa shape index (κ1) is 12.1. The molecule has 1 unspecified atom stereocenters. The Kier molecular flexibility index (Phi) is 3.38. The third-order valence-electron chi connectivity index (χ3n) is 2.99. The van der Waals surface area contributed by atoms with Gasteiger partial charge in [-0.2, -0.15) is 0 Å². The Bertz CT molecular complexity index is 618. The fourth-order valence-corrected chi connectivity index (χ4v) is 2.91. The molecule has 3 rings (SSSR count). The first-order valence-corrected chi connectivity index (χ1v) is 6.98. The van der Waals surface area contributed by atoms with E-state index < -0.39 is 0 Å². The Balaban J connectivity index is 1.97. The molecule has 0 saturated heterocycles. The molecule has 94 valence electrons. The highest BCUT2D eigenvalue weighted by Crippen LogP contribution is 2.36. The SMILES string of the molecule is NC1=NC(c2ccccc2)C=C(c2ccccc2)S1. The zero-order chi connectivity index (χ0) is 13.1. The first-order valence-electron chi connectivity index (χ1n) is 6.16. The van der Waals surface area contributed by atoms with Gasteiger partial charge in [0, 0.05) is 4.91 Å². The van der Waals surface area contributed by atoms with Crippen molar-refractivity contribution in [2.24, 2.45) is 10.7 Å². The molecule has 3 heteroatoms. The quantitative estimate of drug-likeness (QED) is 0.897. The normalized spacial score (nSPS) is 18.6. The van der Waals surface area contributed by atoms with E-state index in [1.807, 2.05) is 36.4 Å². The van der Waals surface area contributed by atoms with E-state index >= 15 is 0 Å². The topological polar surface area (TPSA) is 38.4 Å². The van der Waals surface area contributed by atoms with E-state index in [1.54, 1.807) is 0 Å². The van der Waals surface area contributed by atoms with Gasteiger partial charge in [-0.05, 0) is 17.2 Å². The molecule has 0 aliphatic carbocycles. The molecule has 0 radical (unpaired) electrons. The smallest absolute Gasteiger partial charge is 0.159 e. The van der Waals surface area contributed by atoms with Crippen LogP contribution in [0.25, 0.3) is 4.91 Å². The monoisotopic (exact) mass is 266 g/mol. The van der Waals surface area contributed by atoms with Crippen molar-refractivity contribution in [1.29, 1.82) is 0 Å². The number of rotatable bonds is 2. The summed E-state index contributed by atoms with van der Waals surface area (Å²) in [5.74, 6) is 0. The van der Waals surface area contributed by atoms with Crippen LogP contribution in [-0.2, 0) is 0 Å². The van der Waals surface area contributed by atoms with Gasteiger partial charge >= 0.3 is 0 Å². The molecule has 0 spiro atoms. The van der Waals surface area contributed by atoms with E-state index in [2.05, 4.69) is 35.3 Å². The third kappa shape index (κ3) is 2.71. The summed E-state index contributed by atoms with van der Waals surface area (Å²) in [4.78, 5) is 5.68. The summed E-state index contributed by atoms with van der Waals surface area (Å²) < 4.78 is 0. The van der Waals surface area contributed by atoms with E-state index in [1.165, 1.54) is 27.8 Å². The van der Waals surface area contributed by atoms with Crippen molar-refractivity contribution in [3.05, 3.63) is 77.9 Å². The first-order chi connectivity index (χ1) is 9.33. The largest absolute Gasteiger partial charge is 0.378 e. The zero-order valence-corrected chi connectivity index (χ0v) is 11.2. The summed E-state index contributed by atoms with van der Waals surface area (Å²) >= 11 is 1.53. The maximum absolute atomic E-state index is 5.96. The average Bonchev–Trinajstić information content (AvgIpc) is 2.48. The molecule has 19 heavy (non-hydrogen) atoms. The predicted molar refractivity (Wildman–Crippen MR) is 82.8 cm³/mol. The summed E-state index contributed by atoms with van der Waals surface area (Å²) in [6.45, 7) is 0. The number of aliphatic imine (C=N–C) groups is 1. The maximum atomic E-state index is 5.96. The van der Waals surface area contributed by atoms with Crippen LogP contribution in [0.4, 0.5) is 0 Å². The van der Waals surface area contributed by atoms with E-state index in [0.29, 0.717) is 5.17 Å². The van der Waals surface area contributed by atoms with Crippen LogP contribution in [0.1, 0.15) is 17.2 Å². The minimum absolute atomic E-state index is 0.0117. The van der Waals surface area contributed by atoms with E-state index in [0.717, 1.165) is 0 Å². The molecular weight excluding hydrogens is 252 g/mol. The molecule has 0 aromatic heterocycles. The number of hydrogen-bond donors (Lipinski definition) is 1. The minimum atomic E-state index is 0.0117. The molecule has 0 saturated carbocycles. The molecule has 1 atom stereocenters. The second-order valence-electron chi connectivity index (χ2n) is 4.32. The molecule has 2 nitrogen and oxygen atoms in total. The van der Waals surface area contributed by atoms with Crippen LogP contribution < -0.4 is 5.73 Å². The van der Waals surface area contributed by atoms with Crippen molar-refractivity contribution in [3.8, 4) is 0 Å². The molecule has 2 N–H and O–H groups in total. The van der Waals surface area contributed by atoms with Crippen molar-refractivity contribution in [2.45, 2.75) is 6.04 Å². The lowest BCUT2D eigenvalue weighted by Crippen LogP contribution is -2.12. The Morgan fingerprint density at radius 1 is 0.895 bits per heavy atom. The van der Waals surface area contributed by atoms with Crippen LogP contribution in [-0.4, -0.2) is 5.17 Å². The van der Waals surface area contributed by atoms with E-state index in [-0.39, 0.29) is 6.04 Å². The lowest BCUT2D eigenvalue weighted by molar-refractivity contribution is 0.915. The molecule has 0 fully saturated rings. The van der Waals surface area contributed by atoms with Crippen molar-refractivity contribution in [1.82, 2.24) is 0 Å². The standard InChI is InChI=1S/C16H14N2S/c17-16-18-14(12-7-3-1-4-8-12)11-15(19-16)13-9-5-2-6-10-13/h1-11,14H,(H2,17,18). The second-order valence-corrected chi connectivity index (χ2v) is 5.38. The van der Waals surface area contributed by atoms with E-state index in [4.69, 9.17) is 5.73 Å². The summed E-state index contributed by atoms with van der Waals surface area (Å²) in [5, 5.41) is 0.621. The van der Waals surface area contributed by atoms with Crippen LogP contribution in [0, 0.1) is 0 Å². The summed E-state index contributed by atoms with van der Waals surface area (Å²) in [5.41, 5.74) is 8.31. The minimum Gasteiger partial charge on any atom is -0.378 e. The molecule has 2 aromatic carbocycles. The molecular formula is C16H14N2S. The second kappa shape index (κ2) is 5.33. The van der Waals surface area contributed by atoms with Gasteiger partial charge in [0.2, 0.25) is 0 Å². The Morgan fingerprint density at radius 3 is 2.21 bits per heavy atom. The Labute approximate surface area is 117 Å². The maximum Gasteiger partial charge on any atom is 0.159 e. The van der Waals surface area contributed by atoms with Crippen LogP contribution in [0.15, 0.2) is 71.7 Å². The van der Waals surface area contributed by atoms with Crippen LogP contribution in [0.3, 0.4) is 0 Å². The number of amidine groups is 1. The molecule has 1 aliphatic rings. The third-order valence-corrected chi connectivity index (χ3v) is 3.90. The summed E-state index contributed by atoms with van der Waals surface area (Å²) in [6.07, 6.45) is 2.17. The van der Waals surface area contributed by atoms with Gasteiger partial charge in [0.1, 0.15) is 0 Å². The van der Waals surface area contributed by atoms with Crippen molar-refractivity contribution in [2.75, 3.05) is 0 Å². The fraction of sp³-hybridized carbons (Fsp3) is 0.0625. The van der Waals surface area contributed by atoms with Gasteiger partial charge in [0.05, 0.1) is 6.04 Å². The number of nitrogens with two attached hydrogens (primary N) is 1. The molecule has 2 aromatic rings. The predicted octanol–water partition coefficient (Wildman–Crippen LogP) is 3.83. The van der Waals surface area contributed by atoms with E-state index in [9.17, 15) is 0 Å². The Morgan fingerprint density at radius 2 is 1.53 bits per heavy atom. The van der Waals surface area contributed by atoms with Gasteiger partial charge in [-0.25, -0.2) is 0 Å².